The highest BCUT2D eigenvalue weighted by Crippen LogP contribution is 2.32. The number of rotatable bonds is 3. The molecule has 0 bridgehead atoms. The molecule has 1 atom stereocenters. The maximum Gasteiger partial charge on any atom is 0.312 e. The number of nitro benzene ring substituents is 1. The van der Waals surface area contributed by atoms with Crippen molar-refractivity contribution in [3.05, 3.63) is 28.3 Å². The monoisotopic (exact) mass is 302 g/mol. The standard InChI is InChI=1S/C11H14N2O6S/c1-11(15)4-5-12(7-11)20(18,19)8-2-3-10(14)9(6-8)13(16)17/h2-3,6,14-15H,4-5,7H2,1H3. The van der Waals surface area contributed by atoms with Gasteiger partial charge < -0.3 is 10.2 Å². The van der Waals surface area contributed by atoms with Crippen LogP contribution in [0.5, 0.6) is 5.75 Å². The molecule has 1 aromatic carbocycles. The summed E-state index contributed by atoms with van der Waals surface area (Å²) in [5, 5.41) is 29.9. The number of hydrogen-bond acceptors (Lipinski definition) is 6. The first-order valence-electron chi connectivity index (χ1n) is 5.83. The molecule has 20 heavy (non-hydrogen) atoms. The molecule has 1 aromatic rings. The first-order valence-corrected chi connectivity index (χ1v) is 7.27. The van der Waals surface area contributed by atoms with Crippen LogP contribution in [0.25, 0.3) is 0 Å². The Morgan fingerprint density at radius 2 is 2.10 bits per heavy atom. The number of hydrogen-bond donors (Lipinski definition) is 2. The second-order valence-electron chi connectivity index (χ2n) is 4.99. The number of β-amino-alcohol motifs (C(OH)–C–C–N with tert-alkyl or cyclic N) is 1. The van der Waals surface area contributed by atoms with Gasteiger partial charge in [0.25, 0.3) is 0 Å². The first kappa shape index (κ1) is 14.7. The number of phenols is 1. The Labute approximate surface area is 115 Å². The van der Waals surface area contributed by atoms with Gasteiger partial charge in [0.2, 0.25) is 10.0 Å². The molecule has 1 unspecified atom stereocenters. The Morgan fingerprint density at radius 3 is 2.60 bits per heavy atom. The molecule has 2 rings (SSSR count). The highest BCUT2D eigenvalue weighted by atomic mass is 32.2. The number of benzene rings is 1. The lowest BCUT2D eigenvalue weighted by Crippen LogP contribution is -2.33. The molecule has 1 fully saturated rings. The van der Waals surface area contributed by atoms with Gasteiger partial charge in [0.05, 0.1) is 15.4 Å². The summed E-state index contributed by atoms with van der Waals surface area (Å²) in [5.41, 5.74) is -1.77. The zero-order valence-corrected chi connectivity index (χ0v) is 11.5. The fourth-order valence-corrected chi connectivity index (χ4v) is 3.65. The van der Waals surface area contributed by atoms with E-state index in [0.29, 0.717) is 6.42 Å². The van der Waals surface area contributed by atoms with Gasteiger partial charge in [-0.25, -0.2) is 8.42 Å². The van der Waals surface area contributed by atoms with Crippen molar-refractivity contribution in [2.24, 2.45) is 0 Å². The van der Waals surface area contributed by atoms with Crippen molar-refractivity contribution in [3.8, 4) is 5.75 Å². The van der Waals surface area contributed by atoms with Crippen LogP contribution in [0, 0.1) is 10.1 Å². The summed E-state index contributed by atoms with van der Waals surface area (Å²) in [7, 11) is -3.92. The van der Waals surface area contributed by atoms with Crippen LogP contribution in [-0.4, -0.2) is 46.5 Å². The first-order chi connectivity index (χ1) is 9.13. The zero-order valence-electron chi connectivity index (χ0n) is 10.7. The predicted octanol–water partition coefficient (Wildman–Crippen LogP) is 0.446. The maximum absolute atomic E-state index is 12.3. The molecule has 1 aliphatic rings. The van der Waals surface area contributed by atoms with Crippen molar-refractivity contribution in [2.75, 3.05) is 13.1 Å². The summed E-state index contributed by atoms with van der Waals surface area (Å²) in [6.45, 7) is 1.61. The molecule has 0 saturated carbocycles. The van der Waals surface area contributed by atoms with E-state index >= 15 is 0 Å². The van der Waals surface area contributed by atoms with E-state index < -0.39 is 32.0 Å². The van der Waals surface area contributed by atoms with E-state index in [9.17, 15) is 28.7 Å². The summed E-state index contributed by atoms with van der Waals surface area (Å²) in [6.07, 6.45) is 0.298. The van der Waals surface area contributed by atoms with Crippen molar-refractivity contribution in [1.82, 2.24) is 4.31 Å². The number of aromatic hydroxyl groups is 1. The maximum atomic E-state index is 12.3. The van der Waals surface area contributed by atoms with Crippen molar-refractivity contribution >= 4 is 15.7 Å². The Morgan fingerprint density at radius 1 is 1.45 bits per heavy atom. The minimum Gasteiger partial charge on any atom is -0.502 e. The molecule has 1 aliphatic heterocycles. The van der Waals surface area contributed by atoms with Gasteiger partial charge in [-0.2, -0.15) is 4.31 Å². The van der Waals surface area contributed by atoms with Crippen LogP contribution in [0.4, 0.5) is 5.69 Å². The summed E-state index contributed by atoms with van der Waals surface area (Å²) >= 11 is 0. The van der Waals surface area contributed by atoms with E-state index in [1.165, 1.54) is 6.92 Å². The van der Waals surface area contributed by atoms with E-state index in [-0.39, 0.29) is 18.0 Å². The van der Waals surface area contributed by atoms with Crippen molar-refractivity contribution in [3.63, 3.8) is 0 Å². The van der Waals surface area contributed by atoms with Gasteiger partial charge in [-0.3, -0.25) is 10.1 Å². The smallest absolute Gasteiger partial charge is 0.312 e. The van der Waals surface area contributed by atoms with E-state index in [1.54, 1.807) is 0 Å². The molecule has 0 radical (unpaired) electrons. The van der Waals surface area contributed by atoms with Gasteiger partial charge in [0, 0.05) is 19.2 Å². The number of nitrogens with zero attached hydrogens (tertiary/aromatic N) is 2. The summed E-state index contributed by atoms with van der Waals surface area (Å²) in [4.78, 5) is 9.59. The third-order valence-corrected chi connectivity index (χ3v) is 5.04. The molecule has 1 saturated heterocycles. The second kappa shape index (κ2) is 4.69. The quantitative estimate of drug-likeness (QED) is 0.617. The molecule has 2 N–H and O–H groups in total. The Hall–Kier alpha value is -1.71. The van der Waals surface area contributed by atoms with Crippen molar-refractivity contribution < 1.29 is 23.6 Å². The summed E-state index contributed by atoms with van der Waals surface area (Å²) in [6, 6.07) is 2.89. The highest BCUT2D eigenvalue weighted by Gasteiger charge is 2.39. The van der Waals surface area contributed by atoms with Crippen LogP contribution in [0.2, 0.25) is 0 Å². The van der Waals surface area contributed by atoms with Gasteiger partial charge in [-0.15, -0.1) is 0 Å². The molecule has 0 spiro atoms. The highest BCUT2D eigenvalue weighted by molar-refractivity contribution is 7.89. The number of nitro groups is 1. The molecule has 1 heterocycles. The minimum atomic E-state index is -3.92. The van der Waals surface area contributed by atoms with Gasteiger partial charge in [-0.05, 0) is 25.5 Å². The van der Waals surface area contributed by atoms with E-state index in [1.807, 2.05) is 0 Å². The molecule has 110 valence electrons. The number of aliphatic hydroxyl groups is 1. The molecular formula is C11H14N2O6S. The van der Waals surface area contributed by atoms with Crippen LogP contribution in [0.3, 0.4) is 0 Å². The average molecular weight is 302 g/mol. The van der Waals surface area contributed by atoms with Gasteiger partial charge in [0.1, 0.15) is 0 Å². The average Bonchev–Trinajstić information content (AvgIpc) is 2.70. The lowest BCUT2D eigenvalue weighted by Gasteiger charge is -2.18. The zero-order chi connectivity index (χ0) is 15.1. The van der Waals surface area contributed by atoms with Crippen LogP contribution in [0.15, 0.2) is 23.1 Å². The largest absolute Gasteiger partial charge is 0.502 e. The molecule has 0 amide bonds. The molecule has 8 nitrogen and oxygen atoms in total. The van der Waals surface area contributed by atoms with Gasteiger partial charge in [-0.1, -0.05) is 0 Å². The lowest BCUT2D eigenvalue weighted by atomic mass is 10.1. The van der Waals surface area contributed by atoms with E-state index in [4.69, 9.17) is 0 Å². The van der Waals surface area contributed by atoms with Crippen molar-refractivity contribution in [1.29, 1.82) is 0 Å². The summed E-state index contributed by atoms with van der Waals surface area (Å²) in [5.74, 6) is -0.595. The normalized spacial score (nSPS) is 23.9. The van der Waals surface area contributed by atoms with Gasteiger partial charge >= 0.3 is 5.69 Å². The molecule has 9 heteroatoms. The van der Waals surface area contributed by atoms with E-state index in [2.05, 4.69) is 0 Å². The topological polar surface area (TPSA) is 121 Å². The molecule has 0 aromatic heterocycles. The predicted molar refractivity (Wildman–Crippen MR) is 68.8 cm³/mol. The molecule has 0 aliphatic carbocycles. The van der Waals surface area contributed by atoms with Crippen LogP contribution in [-0.2, 0) is 10.0 Å². The van der Waals surface area contributed by atoms with Crippen LogP contribution >= 0.6 is 0 Å². The lowest BCUT2D eigenvalue weighted by molar-refractivity contribution is -0.386. The Bertz CT molecular complexity index is 655. The van der Waals surface area contributed by atoms with E-state index in [0.717, 1.165) is 22.5 Å². The SMILES string of the molecule is CC1(O)CCN(S(=O)(=O)c2ccc(O)c([N+](=O)[O-])c2)C1. The Balaban J connectivity index is 2.41. The second-order valence-corrected chi connectivity index (χ2v) is 6.93. The Kier molecular flexibility index (Phi) is 3.44. The third kappa shape index (κ3) is 2.60. The third-order valence-electron chi connectivity index (χ3n) is 3.20. The molecular weight excluding hydrogens is 288 g/mol. The van der Waals surface area contributed by atoms with Crippen molar-refractivity contribution in [2.45, 2.75) is 23.8 Å². The number of sulfonamides is 1. The van der Waals surface area contributed by atoms with Crippen LogP contribution < -0.4 is 0 Å². The fraction of sp³-hybridized carbons (Fsp3) is 0.455. The number of phenolic OH excluding ortho intramolecular Hbond substituents is 1. The summed E-state index contributed by atoms with van der Waals surface area (Å²) < 4.78 is 25.7. The van der Waals surface area contributed by atoms with Crippen LogP contribution in [0.1, 0.15) is 13.3 Å². The van der Waals surface area contributed by atoms with Gasteiger partial charge in [0.15, 0.2) is 5.75 Å². The fourth-order valence-electron chi connectivity index (χ4n) is 2.07. The minimum absolute atomic E-state index is 0.0655.